The summed E-state index contributed by atoms with van der Waals surface area (Å²) in [5, 5.41) is 11.7. The number of aromatic nitrogens is 4. The molecule has 0 unspecified atom stereocenters. The Hall–Kier alpha value is -4.19. The number of nitrogens with zero attached hydrogens (tertiary/aromatic N) is 5. The van der Waals surface area contributed by atoms with Crippen LogP contribution < -0.4 is 16.1 Å². The van der Waals surface area contributed by atoms with Crippen molar-refractivity contribution in [2.75, 3.05) is 5.73 Å². The monoisotopic (exact) mass is 483 g/mol. The van der Waals surface area contributed by atoms with Crippen molar-refractivity contribution in [3.05, 3.63) is 88.0 Å². The van der Waals surface area contributed by atoms with Crippen molar-refractivity contribution < 1.29 is 4.84 Å². The maximum atomic E-state index is 9.37. The molecule has 4 aromatic heterocycles. The zero-order chi connectivity index (χ0) is 24.5. The van der Waals surface area contributed by atoms with E-state index in [0.717, 1.165) is 38.7 Å². The van der Waals surface area contributed by atoms with Crippen molar-refractivity contribution in [3.8, 4) is 11.8 Å². The average molecular weight is 484 g/mol. The van der Waals surface area contributed by atoms with Gasteiger partial charge in [0.25, 0.3) is 0 Å². The van der Waals surface area contributed by atoms with Gasteiger partial charge in [-0.15, -0.1) is 0 Å². The number of hydrogen-bond donors (Lipinski definition) is 2. The van der Waals surface area contributed by atoms with Gasteiger partial charge >= 0.3 is 0 Å². The van der Waals surface area contributed by atoms with Crippen molar-refractivity contribution in [2.45, 2.75) is 26.9 Å². The molecule has 5 rings (SSSR count). The summed E-state index contributed by atoms with van der Waals surface area (Å²) in [7, 11) is 0. The van der Waals surface area contributed by atoms with Crippen LogP contribution in [0.3, 0.4) is 0 Å². The number of nitrogens with one attached hydrogen (secondary N) is 1. The first-order valence-corrected chi connectivity index (χ1v) is 11.3. The van der Waals surface area contributed by atoms with Gasteiger partial charge in [-0.25, -0.2) is 9.97 Å². The zero-order valence-corrected chi connectivity index (χ0v) is 20.0. The summed E-state index contributed by atoms with van der Waals surface area (Å²) in [6.45, 7) is 4.91. The standard InChI is InChI=1S/C26H22ClN7O/c1-15-5-25(29)33-16(2)22(15)12-32-35-24-14-34(26-21(24)7-18(9-28)10-31-26)13-17-3-4-23-19(6-17)8-20(27)11-30-23/h3-8,10-11,14,32H,12-13H2,1-2H3,(H2,29,33). The Balaban J connectivity index is 1.44. The number of pyridine rings is 3. The van der Waals surface area contributed by atoms with E-state index >= 15 is 0 Å². The molecule has 174 valence electrons. The van der Waals surface area contributed by atoms with Crippen LogP contribution in [0.1, 0.15) is 27.9 Å². The molecule has 0 aliphatic carbocycles. The Kier molecular flexibility index (Phi) is 5.95. The van der Waals surface area contributed by atoms with Crippen LogP contribution >= 0.6 is 11.6 Å². The molecule has 9 heteroatoms. The Morgan fingerprint density at radius 3 is 2.80 bits per heavy atom. The van der Waals surface area contributed by atoms with Crippen molar-refractivity contribution in [2.24, 2.45) is 0 Å². The van der Waals surface area contributed by atoms with Crippen molar-refractivity contribution >= 4 is 39.4 Å². The van der Waals surface area contributed by atoms with E-state index in [4.69, 9.17) is 22.2 Å². The lowest BCUT2D eigenvalue weighted by molar-refractivity contribution is 0.192. The van der Waals surface area contributed by atoms with Crippen molar-refractivity contribution in [1.29, 1.82) is 5.26 Å². The van der Waals surface area contributed by atoms with Gasteiger partial charge in [-0.3, -0.25) is 4.98 Å². The summed E-state index contributed by atoms with van der Waals surface area (Å²) in [6.07, 6.45) is 5.08. The lowest BCUT2D eigenvalue weighted by atomic mass is 10.1. The predicted molar refractivity (Wildman–Crippen MR) is 136 cm³/mol. The van der Waals surface area contributed by atoms with Crippen LogP contribution in [0.4, 0.5) is 5.82 Å². The van der Waals surface area contributed by atoms with Gasteiger partial charge in [0, 0.05) is 30.0 Å². The SMILES string of the molecule is Cc1cc(N)nc(C)c1CNOc1cn(Cc2ccc3ncc(Cl)cc3c2)c2ncc(C#N)cc12. The van der Waals surface area contributed by atoms with Gasteiger partial charge in [0.1, 0.15) is 17.5 Å². The van der Waals surface area contributed by atoms with Gasteiger partial charge in [0.2, 0.25) is 0 Å². The van der Waals surface area contributed by atoms with E-state index in [9.17, 15) is 5.26 Å². The third-order valence-electron chi connectivity index (χ3n) is 5.88. The largest absolute Gasteiger partial charge is 0.406 e. The third kappa shape index (κ3) is 4.60. The Bertz CT molecular complexity index is 1600. The number of hydrogen-bond acceptors (Lipinski definition) is 7. The fraction of sp³-hybridized carbons (Fsp3) is 0.154. The quantitative estimate of drug-likeness (QED) is 0.332. The minimum Gasteiger partial charge on any atom is -0.406 e. The highest BCUT2D eigenvalue weighted by Gasteiger charge is 2.14. The predicted octanol–water partition coefficient (Wildman–Crippen LogP) is 4.84. The first-order valence-electron chi connectivity index (χ1n) is 11.0. The maximum Gasteiger partial charge on any atom is 0.174 e. The van der Waals surface area contributed by atoms with E-state index < -0.39 is 0 Å². The van der Waals surface area contributed by atoms with E-state index in [2.05, 4.69) is 32.6 Å². The molecule has 0 amide bonds. The molecule has 0 bridgehead atoms. The highest BCUT2D eigenvalue weighted by molar-refractivity contribution is 6.31. The van der Waals surface area contributed by atoms with Crippen LogP contribution in [0.5, 0.6) is 5.75 Å². The van der Waals surface area contributed by atoms with Crippen LogP contribution in [0.25, 0.3) is 21.9 Å². The van der Waals surface area contributed by atoms with Crippen LogP contribution in [0, 0.1) is 25.2 Å². The summed E-state index contributed by atoms with van der Waals surface area (Å²) in [5.41, 5.74) is 14.9. The van der Waals surface area contributed by atoms with Crippen molar-refractivity contribution in [3.63, 3.8) is 0 Å². The molecular weight excluding hydrogens is 462 g/mol. The second-order valence-electron chi connectivity index (χ2n) is 8.36. The molecule has 0 radical (unpaired) electrons. The minimum atomic E-state index is 0.446. The molecule has 0 aliphatic rings. The number of nitrogens with two attached hydrogens (primary N) is 1. The molecule has 35 heavy (non-hydrogen) atoms. The van der Waals surface area contributed by atoms with Crippen molar-refractivity contribution in [1.82, 2.24) is 25.0 Å². The molecule has 3 N–H and O–H groups in total. The van der Waals surface area contributed by atoms with Gasteiger partial charge in [-0.05, 0) is 60.9 Å². The number of hydroxylamine groups is 1. The fourth-order valence-electron chi connectivity index (χ4n) is 4.19. The number of rotatable bonds is 6. The molecule has 5 aromatic rings. The first-order chi connectivity index (χ1) is 16.9. The van der Waals surface area contributed by atoms with Crippen LogP contribution in [-0.2, 0) is 13.1 Å². The summed E-state index contributed by atoms with van der Waals surface area (Å²) < 4.78 is 1.99. The molecule has 0 spiro atoms. The number of benzene rings is 1. The van der Waals surface area contributed by atoms with E-state index in [0.29, 0.717) is 40.9 Å². The van der Waals surface area contributed by atoms with Gasteiger partial charge in [0.15, 0.2) is 5.75 Å². The highest BCUT2D eigenvalue weighted by Crippen LogP contribution is 2.29. The summed E-state index contributed by atoms with van der Waals surface area (Å²) in [6, 6.07) is 13.7. The molecule has 8 nitrogen and oxygen atoms in total. The number of fused-ring (bicyclic) bond motifs is 2. The van der Waals surface area contributed by atoms with Crippen LogP contribution in [0.15, 0.2) is 55.0 Å². The summed E-state index contributed by atoms with van der Waals surface area (Å²) in [5.74, 6) is 1.07. The highest BCUT2D eigenvalue weighted by atomic mass is 35.5. The van der Waals surface area contributed by atoms with E-state index in [1.807, 2.05) is 48.9 Å². The molecule has 1 aromatic carbocycles. The van der Waals surface area contributed by atoms with E-state index in [1.165, 1.54) is 0 Å². The molecule has 0 saturated heterocycles. The Morgan fingerprint density at radius 1 is 1.14 bits per heavy atom. The number of nitrogen functional groups attached to an aromatic ring is 1. The summed E-state index contributed by atoms with van der Waals surface area (Å²) in [4.78, 5) is 19.2. The smallest absolute Gasteiger partial charge is 0.174 e. The van der Waals surface area contributed by atoms with Crippen LogP contribution in [0.2, 0.25) is 5.02 Å². The number of halogens is 1. The van der Waals surface area contributed by atoms with E-state index in [1.54, 1.807) is 18.5 Å². The average Bonchev–Trinajstić information content (AvgIpc) is 3.16. The van der Waals surface area contributed by atoms with Crippen LogP contribution in [-0.4, -0.2) is 19.5 Å². The second-order valence-corrected chi connectivity index (χ2v) is 8.80. The molecule has 0 saturated carbocycles. The third-order valence-corrected chi connectivity index (χ3v) is 6.08. The van der Waals surface area contributed by atoms with E-state index in [-0.39, 0.29) is 0 Å². The van der Waals surface area contributed by atoms with Gasteiger partial charge in [-0.2, -0.15) is 10.7 Å². The second kappa shape index (κ2) is 9.22. The number of anilines is 1. The fourth-order valence-corrected chi connectivity index (χ4v) is 4.36. The Labute approximate surface area is 206 Å². The minimum absolute atomic E-state index is 0.446. The lowest BCUT2D eigenvalue weighted by Gasteiger charge is -2.11. The lowest BCUT2D eigenvalue weighted by Crippen LogP contribution is -2.19. The normalized spacial score (nSPS) is 11.1. The molecular formula is C26H22ClN7O. The topological polar surface area (TPSA) is 115 Å². The molecule has 0 aliphatic heterocycles. The first kappa shape index (κ1) is 22.6. The number of nitriles is 1. The molecule has 0 atom stereocenters. The number of aryl methyl sites for hydroxylation is 2. The van der Waals surface area contributed by atoms with Gasteiger partial charge in [-0.1, -0.05) is 17.7 Å². The van der Waals surface area contributed by atoms with Gasteiger partial charge in [0.05, 0.1) is 34.2 Å². The Morgan fingerprint density at radius 2 is 2.00 bits per heavy atom. The summed E-state index contributed by atoms with van der Waals surface area (Å²) >= 11 is 6.12. The molecule has 0 fully saturated rings. The molecule has 4 heterocycles. The zero-order valence-electron chi connectivity index (χ0n) is 19.2. The van der Waals surface area contributed by atoms with Gasteiger partial charge < -0.3 is 15.1 Å². The maximum absolute atomic E-state index is 9.37.